The van der Waals surface area contributed by atoms with Gasteiger partial charge < -0.3 is 10.1 Å². The van der Waals surface area contributed by atoms with E-state index >= 15 is 0 Å². The van der Waals surface area contributed by atoms with Crippen molar-refractivity contribution in [3.8, 4) is 5.75 Å². The molecule has 19 heavy (non-hydrogen) atoms. The minimum Gasteiger partial charge on any atom is -0.492 e. The summed E-state index contributed by atoms with van der Waals surface area (Å²) in [6, 6.07) is 11.5. The van der Waals surface area contributed by atoms with Gasteiger partial charge in [0.25, 0.3) is 0 Å². The number of ether oxygens (including phenoxy) is 1. The maximum absolute atomic E-state index is 13.0. The van der Waals surface area contributed by atoms with Crippen LogP contribution in [0.1, 0.15) is 5.56 Å². The van der Waals surface area contributed by atoms with Gasteiger partial charge in [-0.2, -0.15) is 0 Å². The van der Waals surface area contributed by atoms with Crippen molar-refractivity contribution in [2.75, 3.05) is 18.5 Å². The second-order valence-electron chi connectivity index (χ2n) is 4.22. The summed E-state index contributed by atoms with van der Waals surface area (Å²) in [4.78, 5) is 0. The molecule has 0 bridgehead atoms. The summed E-state index contributed by atoms with van der Waals surface area (Å²) < 4.78 is 31.2. The third-order valence-corrected chi connectivity index (χ3v) is 2.61. The van der Waals surface area contributed by atoms with Gasteiger partial charge in [-0.05, 0) is 36.8 Å². The molecule has 0 spiro atoms. The number of hydrogen-bond acceptors (Lipinski definition) is 2. The molecule has 0 aliphatic rings. The van der Waals surface area contributed by atoms with Crippen LogP contribution in [0.15, 0.2) is 42.5 Å². The zero-order chi connectivity index (χ0) is 13.7. The second kappa shape index (κ2) is 6.18. The van der Waals surface area contributed by atoms with Gasteiger partial charge in [-0.1, -0.05) is 12.1 Å². The molecule has 0 heterocycles. The highest BCUT2D eigenvalue weighted by atomic mass is 19.2. The molecule has 4 heteroatoms. The first-order valence-electron chi connectivity index (χ1n) is 6.03. The summed E-state index contributed by atoms with van der Waals surface area (Å²) in [5.74, 6) is -0.904. The molecular weight excluding hydrogens is 248 g/mol. The third kappa shape index (κ3) is 3.95. The average Bonchev–Trinajstić information content (AvgIpc) is 2.39. The lowest BCUT2D eigenvalue weighted by atomic mass is 10.2. The Morgan fingerprint density at radius 1 is 1.05 bits per heavy atom. The number of aryl methyl sites for hydroxylation is 1. The average molecular weight is 263 g/mol. The fourth-order valence-corrected chi connectivity index (χ4v) is 1.68. The van der Waals surface area contributed by atoms with Crippen LogP contribution in [0.4, 0.5) is 14.5 Å². The van der Waals surface area contributed by atoms with Crippen molar-refractivity contribution in [3.05, 3.63) is 59.7 Å². The van der Waals surface area contributed by atoms with Crippen molar-refractivity contribution in [1.29, 1.82) is 0 Å². The molecule has 0 radical (unpaired) electrons. The van der Waals surface area contributed by atoms with E-state index in [1.54, 1.807) is 0 Å². The largest absolute Gasteiger partial charge is 0.492 e. The van der Waals surface area contributed by atoms with E-state index in [0.29, 0.717) is 18.8 Å². The van der Waals surface area contributed by atoms with Crippen LogP contribution >= 0.6 is 0 Å². The molecule has 0 aliphatic carbocycles. The van der Waals surface area contributed by atoms with E-state index in [1.807, 2.05) is 31.2 Å². The Morgan fingerprint density at radius 2 is 1.89 bits per heavy atom. The minimum absolute atomic E-state index is 0.447. The Hall–Kier alpha value is -2.10. The van der Waals surface area contributed by atoms with Crippen molar-refractivity contribution in [1.82, 2.24) is 0 Å². The van der Waals surface area contributed by atoms with Crippen LogP contribution in [-0.4, -0.2) is 13.2 Å². The molecule has 2 aromatic carbocycles. The lowest BCUT2D eigenvalue weighted by molar-refractivity contribution is 0.332. The van der Waals surface area contributed by atoms with Crippen LogP contribution < -0.4 is 10.1 Å². The Kier molecular flexibility index (Phi) is 4.34. The molecule has 0 unspecified atom stereocenters. The molecule has 2 nitrogen and oxygen atoms in total. The van der Waals surface area contributed by atoms with Crippen LogP contribution in [0.25, 0.3) is 0 Å². The van der Waals surface area contributed by atoms with Gasteiger partial charge in [-0.15, -0.1) is 0 Å². The van der Waals surface area contributed by atoms with Crippen LogP contribution in [-0.2, 0) is 0 Å². The summed E-state index contributed by atoms with van der Waals surface area (Å²) in [6.45, 7) is 2.95. The Morgan fingerprint density at radius 3 is 2.63 bits per heavy atom. The Balaban J connectivity index is 1.79. The predicted octanol–water partition coefficient (Wildman–Crippen LogP) is 3.76. The summed E-state index contributed by atoms with van der Waals surface area (Å²) in [5.41, 5.74) is 1.66. The summed E-state index contributed by atoms with van der Waals surface area (Å²) in [7, 11) is 0. The fraction of sp³-hybridized carbons (Fsp3) is 0.200. The monoisotopic (exact) mass is 263 g/mol. The molecule has 1 N–H and O–H groups in total. The predicted molar refractivity (Wildman–Crippen MR) is 71.5 cm³/mol. The molecule has 2 aromatic rings. The molecule has 0 aliphatic heterocycles. The molecule has 0 atom stereocenters. The molecule has 100 valence electrons. The van der Waals surface area contributed by atoms with Crippen LogP contribution in [0.5, 0.6) is 5.75 Å². The number of nitrogens with one attached hydrogen (secondary N) is 1. The standard InChI is InChI=1S/C15H15F2NO/c1-11-3-2-4-13(9-11)19-8-7-18-12-5-6-14(16)15(17)10-12/h2-6,9-10,18H,7-8H2,1H3. The smallest absolute Gasteiger partial charge is 0.160 e. The first-order valence-corrected chi connectivity index (χ1v) is 6.03. The van der Waals surface area contributed by atoms with E-state index in [-0.39, 0.29) is 0 Å². The maximum Gasteiger partial charge on any atom is 0.160 e. The summed E-state index contributed by atoms with van der Waals surface area (Å²) >= 11 is 0. The van der Waals surface area contributed by atoms with Gasteiger partial charge in [0.15, 0.2) is 11.6 Å². The van der Waals surface area contributed by atoms with E-state index in [9.17, 15) is 8.78 Å². The van der Waals surface area contributed by atoms with Gasteiger partial charge in [-0.3, -0.25) is 0 Å². The second-order valence-corrected chi connectivity index (χ2v) is 4.22. The SMILES string of the molecule is Cc1cccc(OCCNc2ccc(F)c(F)c2)c1. The van der Waals surface area contributed by atoms with E-state index in [4.69, 9.17) is 4.74 Å². The van der Waals surface area contributed by atoms with Crippen LogP contribution in [0.2, 0.25) is 0 Å². The van der Waals surface area contributed by atoms with Gasteiger partial charge in [0.1, 0.15) is 12.4 Å². The number of rotatable bonds is 5. The topological polar surface area (TPSA) is 21.3 Å². The van der Waals surface area contributed by atoms with Gasteiger partial charge in [0, 0.05) is 18.3 Å². The molecule has 2 rings (SSSR count). The summed E-state index contributed by atoms with van der Waals surface area (Å²) in [5, 5.41) is 2.97. The first kappa shape index (κ1) is 13.3. The van der Waals surface area contributed by atoms with E-state index in [2.05, 4.69) is 5.32 Å². The maximum atomic E-state index is 13.0. The lowest BCUT2D eigenvalue weighted by Gasteiger charge is -2.09. The van der Waals surface area contributed by atoms with Crippen molar-refractivity contribution >= 4 is 5.69 Å². The number of anilines is 1. The Bertz CT molecular complexity index is 558. The van der Waals surface area contributed by atoms with Gasteiger partial charge >= 0.3 is 0 Å². The molecule has 0 fully saturated rings. The fourth-order valence-electron chi connectivity index (χ4n) is 1.68. The highest BCUT2D eigenvalue weighted by molar-refractivity contribution is 5.43. The van der Waals surface area contributed by atoms with Crippen LogP contribution in [0.3, 0.4) is 0 Å². The molecule has 0 aromatic heterocycles. The molecule has 0 saturated carbocycles. The molecule has 0 amide bonds. The number of benzene rings is 2. The highest BCUT2D eigenvalue weighted by Gasteiger charge is 2.01. The van der Waals surface area contributed by atoms with Gasteiger partial charge in [-0.25, -0.2) is 8.78 Å². The minimum atomic E-state index is -0.857. The van der Waals surface area contributed by atoms with Gasteiger partial charge in [0.2, 0.25) is 0 Å². The third-order valence-electron chi connectivity index (χ3n) is 2.61. The van der Waals surface area contributed by atoms with Crippen molar-refractivity contribution in [2.24, 2.45) is 0 Å². The van der Waals surface area contributed by atoms with Crippen molar-refractivity contribution in [2.45, 2.75) is 6.92 Å². The zero-order valence-corrected chi connectivity index (χ0v) is 10.6. The molecular formula is C15H15F2NO. The van der Waals surface area contributed by atoms with E-state index in [0.717, 1.165) is 23.4 Å². The van der Waals surface area contributed by atoms with E-state index in [1.165, 1.54) is 6.07 Å². The van der Waals surface area contributed by atoms with Gasteiger partial charge in [0.05, 0.1) is 0 Å². The van der Waals surface area contributed by atoms with E-state index < -0.39 is 11.6 Å². The lowest BCUT2D eigenvalue weighted by Crippen LogP contribution is -2.11. The zero-order valence-electron chi connectivity index (χ0n) is 10.6. The number of halogens is 2. The Labute approximate surface area is 111 Å². The van der Waals surface area contributed by atoms with Crippen LogP contribution in [0, 0.1) is 18.6 Å². The summed E-state index contributed by atoms with van der Waals surface area (Å²) in [6.07, 6.45) is 0. The number of hydrogen-bond donors (Lipinski definition) is 1. The quantitative estimate of drug-likeness (QED) is 0.829. The molecule has 0 saturated heterocycles. The highest BCUT2D eigenvalue weighted by Crippen LogP contribution is 2.14. The van der Waals surface area contributed by atoms with Crippen molar-refractivity contribution in [3.63, 3.8) is 0 Å². The van der Waals surface area contributed by atoms with Crippen molar-refractivity contribution < 1.29 is 13.5 Å². The first-order chi connectivity index (χ1) is 9.15. The normalized spacial score (nSPS) is 10.3.